The fourth-order valence-corrected chi connectivity index (χ4v) is 3.73. The highest BCUT2D eigenvalue weighted by Gasteiger charge is 2.44. The van der Waals surface area contributed by atoms with Crippen molar-refractivity contribution in [3.05, 3.63) is 0 Å². The van der Waals surface area contributed by atoms with Crippen LogP contribution in [0.25, 0.3) is 0 Å². The molecule has 1 amide bonds. The molecule has 0 aromatic carbocycles. The highest BCUT2D eigenvalue weighted by Crippen LogP contribution is 2.31. The van der Waals surface area contributed by atoms with E-state index in [1.807, 2.05) is 13.8 Å². The number of alkyl carbamates (subject to hydrolysis) is 1. The van der Waals surface area contributed by atoms with Gasteiger partial charge in [-0.3, -0.25) is 0 Å². The largest absolute Gasteiger partial charge is 0.464 e. The number of carbonyl (C=O) groups is 2. The molecule has 0 aromatic heterocycles. The summed E-state index contributed by atoms with van der Waals surface area (Å²) in [5, 5.41) is 2.80. The van der Waals surface area contributed by atoms with E-state index in [1.165, 1.54) is 51.4 Å². The number of carbonyl (C=O) groups excluding carboxylic acids is 2. The van der Waals surface area contributed by atoms with Crippen molar-refractivity contribution in [2.75, 3.05) is 13.2 Å². The molecule has 1 saturated carbocycles. The first-order valence-corrected chi connectivity index (χ1v) is 11.6. The zero-order valence-electron chi connectivity index (χ0n) is 18.5. The predicted molar refractivity (Wildman–Crippen MR) is 113 cm³/mol. The molecule has 0 aliphatic heterocycles. The Kier molecular flexibility index (Phi) is 13.0. The first-order valence-electron chi connectivity index (χ1n) is 11.6. The minimum absolute atomic E-state index is 0.272. The summed E-state index contributed by atoms with van der Waals surface area (Å²) in [6.45, 7) is 7.02. The first kappa shape index (κ1) is 24.8. The second-order valence-corrected chi connectivity index (χ2v) is 8.72. The van der Waals surface area contributed by atoms with Crippen molar-refractivity contribution in [2.45, 2.75) is 116 Å². The normalized spacial score (nSPS) is 15.6. The van der Waals surface area contributed by atoms with Crippen molar-refractivity contribution in [3.63, 3.8) is 0 Å². The molecule has 1 aliphatic rings. The van der Waals surface area contributed by atoms with Gasteiger partial charge in [0, 0.05) is 0 Å². The molecule has 0 unspecified atom stereocenters. The number of amides is 1. The lowest BCUT2D eigenvalue weighted by Crippen LogP contribution is -2.53. The molecule has 0 saturated heterocycles. The smallest absolute Gasteiger partial charge is 0.408 e. The Hall–Kier alpha value is -1.26. The fourth-order valence-electron chi connectivity index (χ4n) is 3.73. The number of esters is 1. The Labute approximate surface area is 172 Å². The molecule has 1 aliphatic carbocycles. The fraction of sp³-hybridized carbons (Fsp3) is 0.913. The van der Waals surface area contributed by atoms with Gasteiger partial charge in [-0.25, -0.2) is 9.59 Å². The lowest BCUT2D eigenvalue weighted by atomic mass is 9.98. The summed E-state index contributed by atoms with van der Waals surface area (Å²) in [6.07, 6.45) is 15.1. The Morgan fingerprint density at radius 2 is 1.39 bits per heavy atom. The van der Waals surface area contributed by atoms with Gasteiger partial charge in [0.2, 0.25) is 0 Å². The number of hydrogen-bond acceptors (Lipinski definition) is 4. The van der Waals surface area contributed by atoms with Crippen molar-refractivity contribution in [2.24, 2.45) is 5.92 Å². The molecule has 0 aromatic rings. The number of rotatable bonds is 15. The average molecular weight is 398 g/mol. The van der Waals surface area contributed by atoms with Gasteiger partial charge in [-0.05, 0) is 25.2 Å². The van der Waals surface area contributed by atoms with E-state index in [0.29, 0.717) is 26.1 Å². The topological polar surface area (TPSA) is 64.6 Å². The molecule has 1 fully saturated rings. The maximum atomic E-state index is 12.6. The van der Waals surface area contributed by atoms with Crippen LogP contribution in [0.2, 0.25) is 0 Å². The molecule has 0 heterocycles. The summed E-state index contributed by atoms with van der Waals surface area (Å²) in [5.74, 6) is -0.0176. The molecular formula is C23H43NO4. The van der Waals surface area contributed by atoms with E-state index in [4.69, 9.17) is 9.47 Å². The van der Waals surface area contributed by atoms with Crippen molar-refractivity contribution in [3.8, 4) is 0 Å². The van der Waals surface area contributed by atoms with Crippen LogP contribution in [0.3, 0.4) is 0 Å². The molecular weight excluding hydrogens is 354 g/mol. The Morgan fingerprint density at radius 3 is 1.93 bits per heavy atom. The monoisotopic (exact) mass is 397 g/mol. The van der Waals surface area contributed by atoms with Crippen LogP contribution in [0.15, 0.2) is 0 Å². The summed E-state index contributed by atoms with van der Waals surface area (Å²) in [4.78, 5) is 24.6. The van der Waals surface area contributed by atoms with Gasteiger partial charge in [0.05, 0.1) is 13.2 Å². The molecule has 0 bridgehead atoms. The van der Waals surface area contributed by atoms with Crippen LogP contribution in [0, 0.1) is 5.92 Å². The van der Waals surface area contributed by atoms with Gasteiger partial charge >= 0.3 is 12.1 Å². The lowest BCUT2D eigenvalue weighted by Gasteiger charge is -2.27. The standard InChI is InChI=1S/C23H43NO4/c1-4-5-6-7-8-9-10-11-12-15-18-27-21(25)23(16-13-14-17-23)24-22(26)28-19-20(2)3/h20H,4-19H2,1-3H3,(H,24,26). The van der Waals surface area contributed by atoms with Crippen LogP contribution in [0.1, 0.15) is 111 Å². The highest BCUT2D eigenvalue weighted by molar-refractivity contribution is 5.86. The molecule has 0 radical (unpaired) electrons. The molecule has 28 heavy (non-hydrogen) atoms. The third-order valence-electron chi connectivity index (χ3n) is 5.47. The molecule has 1 rings (SSSR count). The molecule has 5 heteroatoms. The summed E-state index contributed by atoms with van der Waals surface area (Å²) in [7, 11) is 0. The van der Waals surface area contributed by atoms with E-state index < -0.39 is 11.6 Å². The number of ether oxygens (including phenoxy) is 2. The maximum Gasteiger partial charge on any atom is 0.408 e. The van der Waals surface area contributed by atoms with Crippen LogP contribution >= 0.6 is 0 Å². The lowest BCUT2D eigenvalue weighted by molar-refractivity contribution is -0.151. The summed E-state index contributed by atoms with van der Waals surface area (Å²) < 4.78 is 10.7. The minimum Gasteiger partial charge on any atom is -0.464 e. The summed E-state index contributed by atoms with van der Waals surface area (Å²) in [6, 6.07) is 0. The molecule has 1 N–H and O–H groups in total. The Balaban J connectivity index is 2.16. The summed E-state index contributed by atoms with van der Waals surface area (Å²) in [5.41, 5.74) is -0.882. The first-order chi connectivity index (χ1) is 13.5. The zero-order valence-corrected chi connectivity index (χ0v) is 18.5. The number of unbranched alkanes of at least 4 members (excludes halogenated alkanes) is 9. The van der Waals surface area contributed by atoms with Crippen LogP contribution in [-0.2, 0) is 14.3 Å². The molecule has 0 atom stereocenters. The zero-order chi connectivity index (χ0) is 20.7. The van der Waals surface area contributed by atoms with Crippen molar-refractivity contribution in [1.82, 2.24) is 5.32 Å². The second-order valence-electron chi connectivity index (χ2n) is 8.72. The van der Waals surface area contributed by atoms with E-state index in [1.54, 1.807) is 0 Å². The van der Waals surface area contributed by atoms with Crippen LogP contribution < -0.4 is 5.32 Å². The van der Waals surface area contributed by atoms with Gasteiger partial charge in [0.1, 0.15) is 5.54 Å². The van der Waals surface area contributed by atoms with Gasteiger partial charge < -0.3 is 14.8 Å². The average Bonchev–Trinajstić information content (AvgIpc) is 3.14. The highest BCUT2D eigenvalue weighted by atomic mass is 16.6. The van der Waals surface area contributed by atoms with E-state index in [-0.39, 0.29) is 11.9 Å². The van der Waals surface area contributed by atoms with Gasteiger partial charge in [-0.1, -0.05) is 91.4 Å². The van der Waals surface area contributed by atoms with E-state index in [0.717, 1.165) is 25.7 Å². The van der Waals surface area contributed by atoms with Gasteiger partial charge in [0.15, 0.2) is 0 Å². The SMILES string of the molecule is CCCCCCCCCCCCOC(=O)C1(NC(=O)OCC(C)C)CCCC1. The van der Waals surface area contributed by atoms with Crippen LogP contribution in [-0.4, -0.2) is 30.8 Å². The van der Waals surface area contributed by atoms with E-state index in [9.17, 15) is 9.59 Å². The molecule has 5 nitrogen and oxygen atoms in total. The maximum absolute atomic E-state index is 12.6. The van der Waals surface area contributed by atoms with E-state index >= 15 is 0 Å². The van der Waals surface area contributed by atoms with Crippen molar-refractivity contribution >= 4 is 12.1 Å². The van der Waals surface area contributed by atoms with Gasteiger partial charge in [-0.2, -0.15) is 0 Å². The third-order valence-corrected chi connectivity index (χ3v) is 5.47. The number of hydrogen-bond donors (Lipinski definition) is 1. The Morgan fingerprint density at radius 1 is 0.857 bits per heavy atom. The van der Waals surface area contributed by atoms with Gasteiger partial charge in [0.25, 0.3) is 0 Å². The second kappa shape index (κ2) is 14.7. The van der Waals surface area contributed by atoms with Crippen LogP contribution in [0.4, 0.5) is 4.79 Å². The van der Waals surface area contributed by atoms with Crippen molar-refractivity contribution < 1.29 is 19.1 Å². The molecule has 0 spiro atoms. The van der Waals surface area contributed by atoms with Crippen molar-refractivity contribution in [1.29, 1.82) is 0 Å². The van der Waals surface area contributed by atoms with Gasteiger partial charge in [-0.15, -0.1) is 0 Å². The Bertz CT molecular complexity index is 430. The van der Waals surface area contributed by atoms with Crippen LogP contribution in [0.5, 0.6) is 0 Å². The number of nitrogens with one attached hydrogen (secondary N) is 1. The molecule has 164 valence electrons. The summed E-state index contributed by atoms with van der Waals surface area (Å²) >= 11 is 0. The van der Waals surface area contributed by atoms with E-state index in [2.05, 4.69) is 12.2 Å². The predicted octanol–water partition coefficient (Wildman–Crippen LogP) is 6.15. The quantitative estimate of drug-likeness (QED) is 0.266. The minimum atomic E-state index is -0.882. The third kappa shape index (κ3) is 10.3.